The fraction of sp³-hybridized carbons (Fsp3) is 0.286. The molecule has 2 rings (SSSR count). The van der Waals surface area contributed by atoms with Gasteiger partial charge < -0.3 is 14.8 Å². The van der Waals surface area contributed by atoms with Gasteiger partial charge in [0.25, 0.3) is 0 Å². The number of ether oxygens (including phenoxy) is 2. The molecule has 0 fully saturated rings. The summed E-state index contributed by atoms with van der Waals surface area (Å²) in [5.41, 5.74) is 1.15. The highest BCUT2D eigenvalue weighted by Gasteiger charge is 2.15. The van der Waals surface area contributed by atoms with E-state index in [1.54, 1.807) is 12.1 Å². The second kappa shape index (κ2) is 9.64. The Bertz CT molecular complexity index is 862. The summed E-state index contributed by atoms with van der Waals surface area (Å²) in [4.78, 5) is 34.7. The van der Waals surface area contributed by atoms with E-state index in [0.717, 1.165) is 11.6 Å². The molecule has 0 spiro atoms. The third-order valence-corrected chi connectivity index (χ3v) is 3.86. The largest absolute Gasteiger partial charge is 0.482 e. The summed E-state index contributed by atoms with van der Waals surface area (Å²) in [5, 5.41) is 2.41. The van der Waals surface area contributed by atoms with Crippen molar-refractivity contribution in [1.82, 2.24) is 0 Å². The fourth-order valence-corrected chi connectivity index (χ4v) is 2.38. The maximum absolute atomic E-state index is 14.0. The highest BCUT2D eigenvalue weighted by Crippen LogP contribution is 2.19. The summed E-state index contributed by atoms with van der Waals surface area (Å²) < 4.78 is 24.2. The van der Waals surface area contributed by atoms with Gasteiger partial charge in [-0.15, -0.1) is 0 Å². The van der Waals surface area contributed by atoms with Crippen molar-refractivity contribution in [2.24, 2.45) is 0 Å². The van der Waals surface area contributed by atoms with Gasteiger partial charge in [-0.25, -0.2) is 9.18 Å². The molecule has 2 aromatic rings. The van der Waals surface area contributed by atoms with Crippen LogP contribution in [0.25, 0.3) is 0 Å². The highest BCUT2D eigenvalue weighted by atomic mass is 19.1. The van der Waals surface area contributed by atoms with Gasteiger partial charge in [0.15, 0.2) is 13.2 Å². The lowest BCUT2D eigenvalue weighted by molar-refractivity contribution is -0.144. The molecule has 0 aromatic heterocycles. The molecule has 1 N–H and O–H groups in total. The number of anilines is 1. The number of amides is 1. The molecule has 0 atom stereocenters. The van der Waals surface area contributed by atoms with Crippen LogP contribution in [0.5, 0.6) is 5.75 Å². The zero-order valence-electron chi connectivity index (χ0n) is 16.0. The van der Waals surface area contributed by atoms with Gasteiger partial charge in [-0.1, -0.05) is 26.0 Å². The van der Waals surface area contributed by atoms with Crippen LogP contribution in [-0.4, -0.2) is 30.9 Å². The van der Waals surface area contributed by atoms with Gasteiger partial charge >= 0.3 is 5.97 Å². The molecular weight excluding hydrogens is 365 g/mol. The summed E-state index contributed by atoms with van der Waals surface area (Å²) >= 11 is 0. The predicted octanol–water partition coefficient (Wildman–Crippen LogP) is 3.71. The lowest BCUT2D eigenvalue weighted by Gasteiger charge is -2.09. The second-order valence-corrected chi connectivity index (χ2v) is 6.47. The smallest absolute Gasteiger partial charge is 0.344 e. The number of esters is 1. The number of hydrogen-bond acceptors (Lipinski definition) is 5. The number of rotatable bonds is 8. The van der Waals surface area contributed by atoms with E-state index >= 15 is 0 Å². The minimum Gasteiger partial charge on any atom is -0.482 e. The van der Waals surface area contributed by atoms with Crippen molar-refractivity contribution in [3.8, 4) is 5.75 Å². The molecule has 0 heterocycles. The Morgan fingerprint density at radius 2 is 1.71 bits per heavy atom. The van der Waals surface area contributed by atoms with E-state index in [1.165, 1.54) is 19.1 Å². The number of halogens is 1. The van der Waals surface area contributed by atoms with Crippen LogP contribution in [0.1, 0.15) is 42.6 Å². The average Bonchev–Trinajstić information content (AvgIpc) is 2.64. The highest BCUT2D eigenvalue weighted by molar-refractivity contribution is 5.99. The monoisotopic (exact) mass is 387 g/mol. The maximum atomic E-state index is 14.0. The van der Waals surface area contributed by atoms with Gasteiger partial charge in [0.1, 0.15) is 11.6 Å². The summed E-state index contributed by atoms with van der Waals surface area (Å²) in [6.07, 6.45) is 0. The Morgan fingerprint density at radius 3 is 2.29 bits per heavy atom. The van der Waals surface area contributed by atoms with Gasteiger partial charge in [0, 0.05) is 12.6 Å². The zero-order chi connectivity index (χ0) is 20.7. The number of carbonyl (C=O) groups is 3. The maximum Gasteiger partial charge on any atom is 0.344 e. The fourth-order valence-electron chi connectivity index (χ4n) is 2.38. The van der Waals surface area contributed by atoms with Crippen LogP contribution in [0.2, 0.25) is 0 Å². The number of carbonyl (C=O) groups excluding carboxylic acids is 3. The molecule has 28 heavy (non-hydrogen) atoms. The standard InChI is InChI=1S/C21H22FNO5/c1-13(2)15-4-7-17(8-5-15)27-12-21(26)28-11-20(25)18-9-6-16(10-19(18)22)23-14(3)24/h4-10,13H,11-12H2,1-3H3,(H,23,24). The van der Waals surface area contributed by atoms with E-state index < -0.39 is 24.2 Å². The van der Waals surface area contributed by atoms with E-state index in [4.69, 9.17) is 9.47 Å². The summed E-state index contributed by atoms with van der Waals surface area (Å²) in [5.74, 6) is -1.71. The van der Waals surface area contributed by atoms with E-state index in [1.807, 2.05) is 12.1 Å². The molecule has 1 amide bonds. The van der Waals surface area contributed by atoms with Crippen LogP contribution in [0.3, 0.4) is 0 Å². The number of ketones is 1. The first-order valence-corrected chi connectivity index (χ1v) is 8.75. The van der Waals surface area contributed by atoms with E-state index in [-0.39, 0.29) is 23.8 Å². The number of Topliss-reactive ketones (excluding diaryl/α,β-unsaturated/α-hetero) is 1. The van der Waals surface area contributed by atoms with Crippen LogP contribution in [0.15, 0.2) is 42.5 Å². The molecule has 0 aliphatic rings. The Hall–Kier alpha value is -3.22. The van der Waals surface area contributed by atoms with Crippen LogP contribution < -0.4 is 10.1 Å². The van der Waals surface area contributed by atoms with Crippen molar-refractivity contribution >= 4 is 23.3 Å². The average molecular weight is 387 g/mol. The lowest BCUT2D eigenvalue weighted by atomic mass is 10.0. The topological polar surface area (TPSA) is 81.7 Å². The molecule has 0 bridgehead atoms. The summed E-state index contributed by atoms with van der Waals surface area (Å²) in [7, 11) is 0. The molecule has 0 saturated carbocycles. The lowest BCUT2D eigenvalue weighted by Crippen LogP contribution is -2.20. The molecule has 0 radical (unpaired) electrons. The van der Waals surface area contributed by atoms with Gasteiger partial charge in [-0.3, -0.25) is 9.59 Å². The van der Waals surface area contributed by atoms with Gasteiger partial charge in [0.2, 0.25) is 11.7 Å². The number of nitrogens with one attached hydrogen (secondary N) is 1. The zero-order valence-corrected chi connectivity index (χ0v) is 16.0. The van der Waals surface area contributed by atoms with Crippen molar-refractivity contribution in [2.45, 2.75) is 26.7 Å². The predicted molar refractivity (Wildman–Crippen MR) is 102 cm³/mol. The molecule has 6 nitrogen and oxygen atoms in total. The molecule has 148 valence electrons. The van der Waals surface area contributed by atoms with Crippen molar-refractivity contribution < 1.29 is 28.2 Å². The molecule has 7 heteroatoms. The Kier molecular flexibility index (Phi) is 7.26. The Labute approximate surface area is 162 Å². The first-order valence-electron chi connectivity index (χ1n) is 8.75. The molecule has 0 saturated heterocycles. The third kappa shape index (κ3) is 6.19. The van der Waals surface area contributed by atoms with Gasteiger partial charge in [0.05, 0.1) is 5.56 Å². The SMILES string of the molecule is CC(=O)Nc1ccc(C(=O)COC(=O)COc2ccc(C(C)C)cc2)c(F)c1. The summed E-state index contributed by atoms with van der Waals surface area (Å²) in [6.45, 7) is 4.46. The van der Waals surface area contributed by atoms with Crippen LogP contribution in [-0.2, 0) is 14.3 Å². The minimum atomic E-state index is -0.811. The number of hydrogen-bond donors (Lipinski definition) is 1. The Balaban J connectivity index is 1.83. The van der Waals surface area contributed by atoms with Crippen LogP contribution >= 0.6 is 0 Å². The molecular formula is C21H22FNO5. The van der Waals surface area contributed by atoms with E-state index in [2.05, 4.69) is 19.2 Å². The Morgan fingerprint density at radius 1 is 1.04 bits per heavy atom. The molecule has 0 aliphatic carbocycles. The number of benzene rings is 2. The normalized spacial score (nSPS) is 10.5. The third-order valence-electron chi connectivity index (χ3n) is 3.86. The molecule has 2 aromatic carbocycles. The van der Waals surface area contributed by atoms with Crippen molar-refractivity contribution in [3.63, 3.8) is 0 Å². The second-order valence-electron chi connectivity index (χ2n) is 6.47. The van der Waals surface area contributed by atoms with Crippen molar-refractivity contribution in [3.05, 3.63) is 59.4 Å². The van der Waals surface area contributed by atoms with Crippen LogP contribution in [0.4, 0.5) is 10.1 Å². The van der Waals surface area contributed by atoms with E-state index in [0.29, 0.717) is 11.7 Å². The molecule has 0 aliphatic heterocycles. The quantitative estimate of drug-likeness (QED) is 0.552. The minimum absolute atomic E-state index is 0.230. The van der Waals surface area contributed by atoms with Crippen LogP contribution in [0, 0.1) is 5.82 Å². The molecule has 0 unspecified atom stereocenters. The summed E-state index contributed by atoms with van der Waals surface area (Å²) in [6, 6.07) is 11.0. The first-order chi connectivity index (χ1) is 13.3. The van der Waals surface area contributed by atoms with Gasteiger partial charge in [-0.05, 0) is 41.8 Å². The first kappa shape index (κ1) is 21.1. The van der Waals surface area contributed by atoms with E-state index in [9.17, 15) is 18.8 Å². The van der Waals surface area contributed by atoms with Crippen molar-refractivity contribution in [2.75, 3.05) is 18.5 Å². The van der Waals surface area contributed by atoms with Gasteiger partial charge in [-0.2, -0.15) is 0 Å². The van der Waals surface area contributed by atoms with Crippen molar-refractivity contribution in [1.29, 1.82) is 0 Å².